The van der Waals surface area contributed by atoms with Crippen molar-refractivity contribution in [2.24, 2.45) is 0 Å². The lowest BCUT2D eigenvalue weighted by Gasteiger charge is -2.20. The Labute approximate surface area is 126 Å². The summed E-state index contributed by atoms with van der Waals surface area (Å²) in [5.41, 5.74) is 1.86. The summed E-state index contributed by atoms with van der Waals surface area (Å²) in [4.78, 5) is 0. The molecule has 102 valence electrons. The topological polar surface area (TPSA) is 35.8 Å². The molecule has 0 amide bonds. The molecule has 0 fully saturated rings. The van der Waals surface area contributed by atoms with Gasteiger partial charge in [-0.15, -0.1) is 0 Å². The van der Waals surface area contributed by atoms with Gasteiger partial charge < -0.3 is 5.32 Å². The summed E-state index contributed by atoms with van der Waals surface area (Å²) in [6.45, 7) is 1.98. The number of hydrogen-bond donors (Lipinski definition) is 1. The molecule has 0 bridgehead atoms. The zero-order chi connectivity index (χ0) is 14.5. The molecule has 1 unspecified atom stereocenters. The van der Waals surface area contributed by atoms with E-state index in [0.717, 1.165) is 10.9 Å². The number of halogens is 2. The molecule has 0 aliphatic heterocycles. The van der Waals surface area contributed by atoms with E-state index in [1.165, 1.54) is 6.07 Å². The number of benzene rings is 2. The summed E-state index contributed by atoms with van der Waals surface area (Å²) in [5, 5.41) is 12.4. The molecule has 0 heterocycles. The average molecular weight is 333 g/mol. The largest absolute Gasteiger partial charge is 0.377 e. The quantitative estimate of drug-likeness (QED) is 0.852. The first kappa shape index (κ1) is 14.5. The zero-order valence-corrected chi connectivity index (χ0v) is 12.6. The lowest BCUT2D eigenvalue weighted by Crippen LogP contribution is -2.12. The third kappa shape index (κ3) is 3.17. The van der Waals surface area contributed by atoms with Crippen LogP contribution in [0.4, 0.5) is 10.1 Å². The van der Waals surface area contributed by atoms with Gasteiger partial charge in [-0.2, -0.15) is 5.26 Å². The van der Waals surface area contributed by atoms with Gasteiger partial charge in [0.2, 0.25) is 0 Å². The first-order valence-corrected chi connectivity index (χ1v) is 7.15. The maximum Gasteiger partial charge on any atom is 0.128 e. The van der Waals surface area contributed by atoms with Gasteiger partial charge in [-0.3, -0.25) is 0 Å². The van der Waals surface area contributed by atoms with Crippen LogP contribution in [0.5, 0.6) is 0 Å². The fraction of sp³-hybridized carbons (Fsp3) is 0.188. The number of hydrogen-bond acceptors (Lipinski definition) is 2. The van der Waals surface area contributed by atoms with Crippen LogP contribution in [0.1, 0.15) is 30.5 Å². The van der Waals surface area contributed by atoms with Gasteiger partial charge in [0.05, 0.1) is 17.3 Å². The molecule has 1 N–H and O–H groups in total. The Hall–Kier alpha value is -1.86. The molecule has 2 nitrogen and oxygen atoms in total. The van der Waals surface area contributed by atoms with Crippen LogP contribution in [0.3, 0.4) is 0 Å². The van der Waals surface area contributed by atoms with Crippen molar-refractivity contribution >= 4 is 21.6 Å². The van der Waals surface area contributed by atoms with Crippen molar-refractivity contribution in [2.75, 3.05) is 5.32 Å². The van der Waals surface area contributed by atoms with Gasteiger partial charge in [-0.05, 0) is 30.7 Å². The predicted molar refractivity (Wildman–Crippen MR) is 81.9 cm³/mol. The second-order valence-electron chi connectivity index (χ2n) is 4.43. The Morgan fingerprint density at radius 2 is 2.05 bits per heavy atom. The molecule has 0 aliphatic rings. The number of rotatable bonds is 4. The Kier molecular flexibility index (Phi) is 4.75. The molecule has 4 heteroatoms. The van der Waals surface area contributed by atoms with Crippen LogP contribution >= 0.6 is 15.9 Å². The Bertz CT molecular complexity index is 649. The molecule has 0 aromatic heterocycles. The second kappa shape index (κ2) is 6.53. The van der Waals surface area contributed by atoms with Gasteiger partial charge >= 0.3 is 0 Å². The summed E-state index contributed by atoms with van der Waals surface area (Å²) >= 11 is 3.38. The smallest absolute Gasteiger partial charge is 0.128 e. The monoisotopic (exact) mass is 332 g/mol. The number of nitrogens with one attached hydrogen (secondary N) is 1. The minimum Gasteiger partial charge on any atom is -0.377 e. The van der Waals surface area contributed by atoms with Gasteiger partial charge in [0.1, 0.15) is 11.9 Å². The van der Waals surface area contributed by atoms with E-state index in [-0.39, 0.29) is 11.9 Å². The van der Waals surface area contributed by atoms with Gasteiger partial charge in [0.15, 0.2) is 0 Å². The van der Waals surface area contributed by atoms with Crippen LogP contribution in [0, 0.1) is 17.1 Å². The molecule has 2 aromatic carbocycles. The minimum absolute atomic E-state index is 0.169. The van der Waals surface area contributed by atoms with Crippen LogP contribution in [0.2, 0.25) is 0 Å². The van der Waals surface area contributed by atoms with Crippen molar-refractivity contribution in [1.29, 1.82) is 5.26 Å². The molecule has 1 atom stereocenters. The van der Waals surface area contributed by atoms with Crippen molar-refractivity contribution in [2.45, 2.75) is 19.4 Å². The summed E-state index contributed by atoms with van der Waals surface area (Å²) in [5.74, 6) is -0.236. The third-order valence-corrected chi connectivity index (χ3v) is 3.61. The third-order valence-electron chi connectivity index (χ3n) is 3.12. The molecule has 20 heavy (non-hydrogen) atoms. The zero-order valence-electron chi connectivity index (χ0n) is 11.0. The lowest BCUT2D eigenvalue weighted by atomic mass is 10.0. The minimum atomic E-state index is -0.236. The van der Waals surface area contributed by atoms with Crippen molar-refractivity contribution in [3.8, 4) is 6.07 Å². The van der Waals surface area contributed by atoms with E-state index in [4.69, 9.17) is 5.26 Å². The number of nitrogens with zero attached hydrogens (tertiary/aromatic N) is 1. The van der Waals surface area contributed by atoms with Crippen LogP contribution in [0.25, 0.3) is 0 Å². The molecule has 0 aliphatic carbocycles. The second-order valence-corrected chi connectivity index (χ2v) is 5.34. The molecular formula is C16H14BrFN2. The summed E-state index contributed by atoms with van der Waals surface area (Å²) < 4.78 is 14.8. The van der Waals surface area contributed by atoms with Crippen LogP contribution in [0.15, 0.2) is 46.9 Å². The van der Waals surface area contributed by atoms with Crippen LogP contribution in [-0.4, -0.2) is 0 Å². The van der Waals surface area contributed by atoms with E-state index in [2.05, 4.69) is 27.3 Å². The first-order valence-electron chi connectivity index (χ1n) is 6.36. The van der Waals surface area contributed by atoms with Gasteiger partial charge in [-0.1, -0.05) is 41.1 Å². The van der Waals surface area contributed by atoms with Gasteiger partial charge in [-0.25, -0.2) is 4.39 Å². The van der Waals surface area contributed by atoms with E-state index in [9.17, 15) is 4.39 Å². The van der Waals surface area contributed by atoms with Crippen molar-refractivity contribution < 1.29 is 4.39 Å². The Balaban J connectivity index is 2.34. The normalized spacial score (nSPS) is 11.7. The van der Waals surface area contributed by atoms with Crippen LogP contribution < -0.4 is 5.32 Å². The Morgan fingerprint density at radius 1 is 1.30 bits per heavy atom. The predicted octanol–water partition coefficient (Wildman–Crippen LogP) is 5.02. The molecule has 0 spiro atoms. The fourth-order valence-electron chi connectivity index (χ4n) is 2.08. The highest BCUT2D eigenvalue weighted by Crippen LogP contribution is 2.28. The number of anilines is 1. The van der Waals surface area contributed by atoms with E-state index in [1.54, 1.807) is 18.2 Å². The lowest BCUT2D eigenvalue weighted by molar-refractivity contribution is 0.587. The standard InChI is InChI=1S/C16H14BrFN2/c1-2-15(13-5-3-4-6-14(13)18)20-16-9-12(17)8-7-11(16)10-19/h3-9,15,20H,2H2,1H3. The van der Waals surface area contributed by atoms with E-state index in [1.807, 2.05) is 25.1 Å². The molecule has 0 saturated carbocycles. The molecule has 2 rings (SSSR count). The van der Waals surface area contributed by atoms with E-state index >= 15 is 0 Å². The molecule has 0 saturated heterocycles. The highest BCUT2D eigenvalue weighted by molar-refractivity contribution is 9.10. The summed E-state index contributed by atoms with van der Waals surface area (Å²) in [6.07, 6.45) is 0.721. The van der Waals surface area contributed by atoms with E-state index < -0.39 is 0 Å². The van der Waals surface area contributed by atoms with Crippen molar-refractivity contribution in [3.05, 3.63) is 63.9 Å². The fourth-order valence-corrected chi connectivity index (χ4v) is 2.44. The van der Waals surface area contributed by atoms with Gasteiger partial charge in [0, 0.05) is 10.0 Å². The maximum atomic E-state index is 13.9. The molecule has 2 aromatic rings. The Morgan fingerprint density at radius 3 is 2.70 bits per heavy atom. The number of nitriles is 1. The van der Waals surface area contributed by atoms with Crippen molar-refractivity contribution in [3.63, 3.8) is 0 Å². The average Bonchev–Trinajstić information content (AvgIpc) is 2.46. The SMILES string of the molecule is CCC(Nc1cc(Br)ccc1C#N)c1ccccc1F. The highest BCUT2D eigenvalue weighted by Gasteiger charge is 2.15. The van der Waals surface area contributed by atoms with Crippen LogP contribution in [-0.2, 0) is 0 Å². The molecular weight excluding hydrogens is 319 g/mol. The van der Waals surface area contributed by atoms with Crippen molar-refractivity contribution in [1.82, 2.24) is 0 Å². The van der Waals surface area contributed by atoms with E-state index in [0.29, 0.717) is 16.8 Å². The summed E-state index contributed by atoms with van der Waals surface area (Å²) in [7, 11) is 0. The maximum absolute atomic E-state index is 13.9. The molecule has 0 radical (unpaired) electrons. The summed E-state index contributed by atoms with van der Waals surface area (Å²) in [6, 6.07) is 14.1. The highest BCUT2D eigenvalue weighted by atomic mass is 79.9. The van der Waals surface area contributed by atoms with Gasteiger partial charge in [0.25, 0.3) is 0 Å². The first-order chi connectivity index (χ1) is 9.65.